The predicted octanol–water partition coefficient (Wildman–Crippen LogP) is 4.02. The molecule has 2 nitrogen and oxygen atoms in total. The van der Waals surface area contributed by atoms with E-state index in [2.05, 4.69) is 25.2 Å². The minimum atomic E-state index is 0.158. The minimum Gasteiger partial charge on any atom is -0.473 e. The van der Waals surface area contributed by atoms with Crippen molar-refractivity contribution < 1.29 is 9.15 Å². The van der Waals surface area contributed by atoms with Gasteiger partial charge in [0.2, 0.25) is 0 Å². The Morgan fingerprint density at radius 2 is 1.56 bits per heavy atom. The summed E-state index contributed by atoms with van der Waals surface area (Å²) in [5, 5.41) is 0. The van der Waals surface area contributed by atoms with Gasteiger partial charge in [-0.05, 0) is 64.5 Å². The van der Waals surface area contributed by atoms with E-state index in [-0.39, 0.29) is 11.2 Å². The van der Waals surface area contributed by atoms with Gasteiger partial charge in [0.25, 0.3) is 0 Å². The lowest BCUT2D eigenvalue weighted by Gasteiger charge is -2.54. The molecule has 3 fully saturated rings. The summed E-state index contributed by atoms with van der Waals surface area (Å²) in [6.45, 7) is 6.76. The molecule has 2 aliphatic heterocycles. The molecule has 1 aliphatic carbocycles. The summed E-state index contributed by atoms with van der Waals surface area (Å²) in [7, 11) is 0. The van der Waals surface area contributed by atoms with Crippen molar-refractivity contribution in [1.82, 2.24) is 0 Å². The van der Waals surface area contributed by atoms with Gasteiger partial charge in [-0.2, -0.15) is 0 Å². The summed E-state index contributed by atoms with van der Waals surface area (Å²) < 4.78 is 10.6. The van der Waals surface area contributed by atoms with Crippen LogP contribution in [0.4, 0.5) is 0 Å². The molecule has 90 valence electrons. The van der Waals surface area contributed by atoms with Crippen LogP contribution in [0, 0.1) is 5.92 Å². The molecule has 1 aromatic heterocycles. The van der Waals surface area contributed by atoms with Crippen molar-refractivity contribution in [2.75, 3.05) is 0 Å². The van der Waals surface area contributed by atoms with E-state index in [0.29, 0.717) is 0 Å². The van der Waals surface area contributed by atoms with Crippen molar-refractivity contribution in [3.8, 4) is 0 Å². The first-order valence-corrected chi connectivity index (χ1v) is 6.19. The Morgan fingerprint density at radius 1 is 1.00 bits per heavy atom. The third kappa shape index (κ3) is 2.49. The zero-order valence-corrected chi connectivity index (χ0v) is 10.5. The second kappa shape index (κ2) is 4.25. The van der Waals surface area contributed by atoms with Gasteiger partial charge in [-0.25, -0.2) is 0 Å². The van der Waals surface area contributed by atoms with Gasteiger partial charge in [-0.3, -0.25) is 0 Å². The smallest absolute Gasteiger partial charge is 0.0902 e. The van der Waals surface area contributed by atoms with Crippen LogP contribution in [0.2, 0.25) is 0 Å². The van der Waals surface area contributed by atoms with Crippen molar-refractivity contribution in [2.45, 2.75) is 57.7 Å². The highest BCUT2D eigenvalue weighted by atomic mass is 16.5. The molecular weight excluding hydrogens is 200 g/mol. The molecule has 0 amide bonds. The van der Waals surface area contributed by atoms with Gasteiger partial charge in [0.1, 0.15) is 0 Å². The SMILES string of the molecule is CC12CCC(CC1)C(C)(C)O2.c1ccoc1. The third-order valence-electron chi connectivity index (χ3n) is 3.96. The van der Waals surface area contributed by atoms with Crippen LogP contribution >= 0.6 is 0 Å². The molecule has 0 N–H and O–H groups in total. The number of furan rings is 1. The van der Waals surface area contributed by atoms with E-state index >= 15 is 0 Å². The fraction of sp³-hybridized carbons (Fsp3) is 0.714. The fourth-order valence-electron chi connectivity index (χ4n) is 2.97. The Kier molecular flexibility index (Phi) is 3.11. The quantitative estimate of drug-likeness (QED) is 0.661. The van der Waals surface area contributed by atoms with Gasteiger partial charge in [0, 0.05) is 0 Å². The molecule has 3 aliphatic rings. The third-order valence-corrected chi connectivity index (χ3v) is 3.96. The molecule has 3 heterocycles. The highest BCUT2D eigenvalue weighted by molar-refractivity contribution is 4.97. The normalized spacial score (nSPS) is 35.3. The molecule has 16 heavy (non-hydrogen) atoms. The van der Waals surface area contributed by atoms with Gasteiger partial charge < -0.3 is 9.15 Å². The first kappa shape index (κ1) is 11.7. The Morgan fingerprint density at radius 3 is 1.81 bits per heavy atom. The highest BCUT2D eigenvalue weighted by Gasteiger charge is 2.47. The standard InChI is InChI=1S/C10H18O.C4H4O/c1-9(2)8-4-6-10(3,11-9)7-5-8;1-2-4-5-3-1/h8H,4-7H2,1-3H3;1-4H. The van der Waals surface area contributed by atoms with Gasteiger partial charge >= 0.3 is 0 Å². The minimum absolute atomic E-state index is 0.158. The summed E-state index contributed by atoms with van der Waals surface area (Å²) in [4.78, 5) is 0. The van der Waals surface area contributed by atoms with Crippen molar-refractivity contribution >= 4 is 0 Å². The zero-order chi connectivity index (χ0) is 11.6. The van der Waals surface area contributed by atoms with Crippen LogP contribution in [0.25, 0.3) is 0 Å². The van der Waals surface area contributed by atoms with E-state index in [1.54, 1.807) is 12.5 Å². The van der Waals surface area contributed by atoms with Crippen LogP contribution < -0.4 is 0 Å². The molecule has 0 spiro atoms. The highest BCUT2D eigenvalue weighted by Crippen LogP contribution is 2.49. The largest absolute Gasteiger partial charge is 0.473 e. The first-order chi connectivity index (χ1) is 7.52. The summed E-state index contributed by atoms with van der Waals surface area (Å²) in [5.74, 6) is 0.823. The summed E-state index contributed by atoms with van der Waals surface area (Å²) in [6.07, 6.45) is 8.56. The maximum atomic E-state index is 6.06. The molecule has 2 saturated heterocycles. The van der Waals surface area contributed by atoms with E-state index in [1.807, 2.05) is 12.1 Å². The molecule has 0 atom stereocenters. The molecule has 0 radical (unpaired) electrons. The van der Waals surface area contributed by atoms with Crippen LogP contribution in [0.1, 0.15) is 46.5 Å². The Labute approximate surface area is 98.0 Å². The number of hydrogen-bond acceptors (Lipinski definition) is 2. The summed E-state index contributed by atoms with van der Waals surface area (Å²) in [5.41, 5.74) is 0.378. The van der Waals surface area contributed by atoms with E-state index in [4.69, 9.17) is 4.74 Å². The number of hydrogen-bond donors (Lipinski definition) is 0. The van der Waals surface area contributed by atoms with Crippen molar-refractivity contribution in [1.29, 1.82) is 0 Å². The topological polar surface area (TPSA) is 22.4 Å². The first-order valence-electron chi connectivity index (χ1n) is 6.19. The van der Waals surface area contributed by atoms with Crippen molar-refractivity contribution in [3.63, 3.8) is 0 Å². The molecular formula is C14H22O2. The molecule has 1 aromatic rings. The van der Waals surface area contributed by atoms with Gasteiger partial charge in [0.15, 0.2) is 0 Å². The fourth-order valence-corrected chi connectivity index (χ4v) is 2.97. The monoisotopic (exact) mass is 222 g/mol. The second-order valence-corrected chi connectivity index (χ2v) is 5.72. The Bertz CT molecular complexity index is 286. The molecule has 0 aromatic carbocycles. The molecule has 0 unspecified atom stereocenters. The van der Waals surface area contributed by atoms with Crippen molar-refractivity contribution in [2.24, 2.45) is 5.92 Å². The van der Waals surface area contributed by atoms with Crippen LogP contribution in [0.15, 0.2) is 29.1 Å². The van der Waals surface area contributed by atoms with E-state index in [0.717, 1.165) is 5.92 Å². The van der Waals surface area contributed by atoms with Crippen LogP contribution in [-0.2, 0) is 4.74 Å². The second-order valence-electron chi connectivity index (χ2n) is 5.72. The van der Waals surface area contributed by atoms with Crippen LogP contribution in [0.5, 0.6) is 0 Å². The maximum Gasteiger partial charge on any atom is 0.0902 e. The van der Waals surface area contributed by atoms with Gasteiger partial charge in [-0.1, -0.05) is 0 Å². The van der Waals surface area contributed by atoms with E-state index in [9.17, 15) is 0 Å². The molecule has 4 rings (SSSR count). The Balaban J connectivity index is 0.000000162. The number of fused-ring (bicyclic) bond motifs is 3. The number of ether oxygens (including phenoxy) is 1. The zero-order valence-electron chi connectivity index (χ0n) is 10.5. The Hall–Kier alpha value is -0.760. The van der Waals surface area contributed by atoms with Crippen LogP contribution in [0.3, 0.4) is 0 Å². The number of rotatable bonds is 0. The average Bonchev–Trinajstić information content (AvgIpc) is 2.73. The van der Waals surface area contributed by atoms with Crippen molar-refractivity contribution in [3.05, 3.63) is 24.7 Å². The average molecular weight is 222 g/mol. The van der Waals surface area contributed by atoms with Gasteiger partial charge in [0.05, 0.1) is 23.7 Å². The lowest BCUT2D eigenvalue weighted by atomic mass is 9.69. The summed E-state index contributed by atoms with van der Waals surface area (Å²) >= 11 is 0. The maximum absolute atomic E-state index is 6.06. The van der Waals surface area contributed by atoms with Gasteiger partial charge in [-0.15, -0.1) is 0 Å². The lowest BCUT2D eigenvalue weighted by molar-refractivity contribution is -0.229. The molecule has 2 heteroatoms. The van der Waals surface area contributed by atoms with E-state index < -0.39 is 0 Å². The molecule has 2 bridgehead atoms. The lowest BCUT2D eigenvalue weighted by Crippen LogP contribution is -2.53. The predicted molar refractivity (Wildman–Crippen MR) is 64.2 cm³/mol. The van der Waals surface area contributed by atoms with E-state index in [1.165, 1.54) is 25.7 Å². The molecule has 1 saturated carbocycles. The summed E-state index contributed by atoms with van der Waals surface area (Å²) in [6, 6.07) is 3.67. The van der Waals surface area contributed by atoms with Crippen LogP contribution in [-0.4, -0.2) is 11.2 Å².